The number of thiophene rings is 1. The van der Waals surface area contributed by atoms with Crippen molar-refractivity contribution >= 4 is 34.9 Å². The lowest BCUT2D eigenvalue weighted by Crippen LogP contribution is -2.10. The molecule has 0 atom stereocenters. The molecule has 3 nitrogen and oxygen atoms in total. The fourth-order valence-electron chi connectivity index (χ4n) is 3.28. The van der Waals surface area contributed by atoms with Crippen molar-refractivity contribution in [1.29, 1.82) is 0 Å². The van der Waals surface area contributed by atoms with E-state index in [1.807, 2.05) is 30.5 Å². The Hall–Kier alpha value is -2.23. The van der Waals surface area contributed by atoms with Gasteiger partial charge in [0.1, 0.15) is 0 Å². The number of pyridine rings is 1. The summed E-state index contributed by atoms with van der Waals surface area (Å²) in [7, 11) is 0.959. The van der Waals surface area contributed by atoms with E-state index in [9.17, 15) is 0 Å². The van der Waals surface area contributed by atoms with Gasteiger partial charge in [-0.1, -0.05) is 42.5 Å². The summed E-state index contributed by atoms with van der Waals surface area (Å²) in [6.45, 7) is 0. The molecule has 5 heteroatoms. The van der Waals surface area contributed by atoms with E-state index in [1.54, 1.807) is 25.6 Å². The Morgan fingerprint density at radius 3 is 2.26 bits per heavy atom. The van der Waals surface area contributed by atoms with E-state index in [4.69, 9.17) is 9.05 Å². The van der Waals surface area contributed by atoms with Crippen molar-refractivity contribution in [3.8, 4) is 0 Å². The van der Waals surface area contributed by atoms with Gasteiger partial charge in [0.25, 0.3) is 0 Å². The summed E-state index contributed by atoms with van der Waals surface area (Å²) in [6.07, 6.45) is 6.17. The van der Waals surface area contributed by atoms with Crippen LogP contribution in [0.5, 0.6) is 0 Å². The van der Waals surface area contributed by atoms with Crippen LogP contribution in [0.3, 0.4) is 0 Å². The van der Waals surface area contributed by atoms with Crippen molar-refractivity contribution in [3.05, 3.63) is 101 Å². The maximum atomic E-state index is 6.12. The normalized spacial score (nSPS) is 16.0. The molecule has 1 aliphatic rings. The van der Waals surface area contributed by atoms with E-state index in [2.05, 4.69) is 58.9 Å². The lowest BCUT2D eigenvalue weighted by atomic mass is 10.0. The van der Waals surface area contributed by atoms with Gasteiger partial charge in [0.2, 0.25) is 0 Å². The predicted octanol–water partition coefficient (Wildman–Crippen LogP) is 5.94. The van der Waals surface area contributed by atoms with Crippen LogP contribution < -0.4 is 0 Å². The van der Waals surface area contributed by atoms with Crippen LogP contribution in [0.2, 0.25) is 0 Å². The molecule has 0 aliphatic carbocycles. The Bertz CT molecular complexity index is 1030. The van der Waals surface area contributed by atoms with Gasteiger partial charge in [-0.3, -0.25) is 4.98 Å². The molecule has 136 valence electrons. The first-order valence-corrected chi connectivity index (χ1v) is 11.1. The average Bonchev–Trinajstić information content (AvgIpc) is 3.28. The molecule has 2 aromatic heterocycles. The summed E-state index contributed by atoms with van der Waals surface area (Å²) >= 11 is 1.70. The van der Waals surface area contributed by atoms with Gasteiger partial charge in [0.05, 0.1) is 11.0 Å². The van der Waals surface area contributed by atoms with Crippen LogP contribution in [0, 0.1) is 0 Å². The Morgan fingerprint density at radius 1 is 0.852 bits per heavy atom. The molecule has 1 aliphatic heterocycles. The van der Waals surface area contributed by atoms with Crippen molar-refractivity contribution in [1.82, 2.24) is 4.98 Å². The number of hydrogen-bond donors (Lipinski definition) is 0. The monoisotopic (exact) mass is 393 g/mol. The molecule has 4 rings (SSSR count). The van der Waals surface area contributed by atoms with Gasteiger partial charge >= 0.3 is 0 Å². The van der Waals surface area contributed by atoms with Gasteiger partial charge in [-0.05, 0) is 46.9 Å². The molecular weight excluding hydrogens is 373 g/mol. The second-order valence-electron chi connectivity index (χ2n) is 5.99. The van der Waals surface area contributed by atoms with Crippen molar-refractivity contribution in [2.45, 2.75) is 0 Å². The van der Waals surface area contributed by atoms with Crippen LogP contribution in [-0.2, 0) is 9.05 Å². The van der Waals surface area contributed by atoms with Gasteiger partial charge in [-0.15, -0.1) is 11.3 Å². The highest BCUT2D eigenvalue weighted by Crippen LogP contribution is 2.65. The first-order chi connectivity index (χ1) is 13.3. The van der Waals surface area contributed by atoms with E-state index >= 15 is 0 Å². The summed E-state index contributed by atoms with van der Waals surface area (Å²) < 4.78 is 12.2. The van der Waals surface area contributed by atoms with E-state index in [1.165, 1.54) is 0 Å². The quantitative estimate of drug-likeness (QED) is 0.503. The van der Waals surface area contributed by atoms with Gasteiger partial charge in [0.15, 0.2) is 7.34 Å². The molecule has 0 unspecified atom stereocenters. The number of hydrogen-bond acceptors (Lipinski definition) is 4. The summed E-state index contributed by atoms with van der Waals surface area (Å²) in [5, 5.41) is 4.17. The molecule has 0 fully saturated rings. The van der Waals surface area contributed by atoms with E-state index in [-0.39, 0.29) is 0 Å². The number of nitrogens with zero attached hydrogens (tertiary/aromatic N) is 1. The molecule has 3 heterocycles. The molecule has 0 saturated heterocycles. The van der Waals surface area contributed by atoms with Gasteiger partial charge in [-0.25, -0.2) is 0 Å². The third-order valence-electron chi connectivity index (χ3n) is 4.54. The summed E-state index contributed by atoms with van der Waals surface area (Å²) in [6, 6.07) is 20.5. The summed E-state index contributed by atoms with van der Waals surface area (Å²) in [4.78, 5) is 5.75. The van der Waals surface area contributed by atoms with Gasteiger partial charge < -0.3 is 9.05 Å². The minimum atomic E-state index is -2.49. The average molecular weight is 393 g/mol. The van der Waals surface area contributed by atoms with E-state index in [0.717, 1.165) is 32.3 Å². The zero-order valence-corrected chi connectivity index (χ0v) is 16.9. The molecule has 3 aromatic rings. The van der Waals surface area contributed by atoms with Crippen molar-refractivity contribution in [2.75, 3.05) is 14.2 Å². The zero-order chi connectivity index (χ0) is 18.7. The standard InChI is InChI=1S/C22H20NO2PS/c1-24-26(25-2)20(19-11-6-7-13-23-19)15-18(17-9-4-3-5-10-17)16-21(26)22-12-8-14-27-22/h3-16H,1-2H3. The van der Waals surface area contributed by atoms with Crippen molar-refractivity contribution in [2.24, 2.45) is 0 Å². The molecule has 1 aromatic carbocycles. The van der Waals surface area contributed by atoms with Crippen LogP contribution in [0.1, 0.15) is 16.1 Å². The highest BCUT2D eigenvalue weighted by atomic mass is 32.1. The smallest absolute Gasteiger partial charge is 0.164 e. The van der Waals surface area contributed by atoms with Gasteiger partial charge in [0, 0.05) is 30.6 Å². The Balaban J connectivity index is 2.05. The fourth-order valence-corrected chi connectivity index (χ4v) is 7.05. The predicted molar refractivity (Wildman–Crippen MR) is 116 cm³/mol. The Morgan fingerprint density at radius 2 is 1.63 bits per heavy atom. The minimum Gasteiger partial charge on any atom is -0.337 e. The highest BCUT2D eigenvalue weighted by molar-refractivity contribution is 7.78. The largest absolute Gasteiger partial charge is 0.337 e. The molecule has 0 spiro atoms. The highest BCUT2D eigenvalue weighted by Gasteiger charge is 2.33. The lowest BCUT2D eigenvalue weighted by Gasteiger charge is -2.31. The minimum absolute atomic E-state index is 0.880. The molecule has 27 heavy (non-hydrogen) atoms. The molecule has 0 saturated carbocycles. The van der Waals surface area contributed by atoms with Crippen LogP contribution in [0.25, 0.3) is 10.9 Å². The topological polar surface area (TPSA) is 31.4 Å². The maximum Gasteiger partial charge on any atom is 0.164 e. The number of aromatic nitrogens is 1. The van der Waals surface area contributed by atoms with Crippen molar-refractivity contribution in [3.63, 3.8) is 0 Å². The third-order valence-corrected chi connectivity index (χ3v) is 8.62. The van der Waals surface area contributed by atoms with Crippen LogP contribution in [-0.4, -0.2) is 24.5 Å². The van der Waals surface area contributed by atoms with Crippen molar-refractivity contribution < 1.29 is 9.05 Å². The molecule has 0 bridgehead atoms. The Labute approximate surface area is 163 Å². The molecule has 0 amide bonds. The first-order valence-electron chi connectivity index (χ1n) is 8.61. The number of allylic oxidation sites excluding steroid dienone is 3. The maximum absolute atomic E-state index is 6.12. The SMILES string of the molecule is COP1(OC)=C(c2cccs2)C=C(c2ccccc2)C=C1c1ccccn1. The van der Waals surface area contributed by atoms with E-state index < -0.39 is 7.34 Å². The fraction of sp³-hybridized carbons (Fsp3) is 0.0909. The van der Waals surface area contributed by atoms with Crippen LogP contribution in [0.4, 0.5) is 0 Å². The Kier molecular flexibility index (Phi) is 5.24. The molecular formula is C22H20NO2PS. The summed E-state index contributed by atoms with van der Waals surface area (Å²) in [5.41, 5.74) is 3.17. The number of benzene rings is 1. The lowest BCUT2D eigenvalue weighted by molar-refractivity contribution is 0.345. The van der Waals surface area contributed by atoms with E-state index in [0.29, 0.717) is 0 Å². The summed E-state index contributed by atoms with van der Waals surface area (Å²) in [5.74, 6) is 0. The second-order valence-corrected chi connectivity index (χ2v) is 9.73. The van der Waals surface area contributed by atoms with Crippen LogP contribution in [0.15, 0.2) is 84.4 Å². The number of rotatable bonds is 5. The third kappa shape index (κ3) is 3.26. The first kappa shape index (κ1) is 18.1. The molecule has 0 radical (unpaired) electrons. The molecule has 0 N–H and O–H groups in total. The zero-order valence-electron chi connectivity index (χ0n) is 15.2. The van der Waals surface area contributed by atoms with Crippen LogP contribution >= 0.6 is 18.7 Å². The second kappa shape index (κ2) is 7.79. The van der Waals surface area contributed by atoms with Gasteiger partial charge in [-0.2, -0.15) is 0 Å².